The first-order valence-electron chi connectivity index (χ1n) is 10.0. The molecule has 7 heteroatoms. The Labute approximate surface area is 175 Å². The van der Waals surface area contributed by atoms with Crippen molar-refractivity contribution < 1.29 is 14.1 Å². The molecule has 0 unspecified atom stereocenters. The summed E-state index contributed by atoms with van der Waals surface area (Å²) < 4.78 is 5.55. The minimum Gasteiger partial charge on any atom is -0.361 e. The Hall–Kier alpha value is -3.48. The number of likely N-dealkylation sites (tertiary alicyclic amines) is 1. The summed E-state index contributed by atoms with van der Waals surface area (Å²) in [6.07, 6.45) is 2.86. The molecule has 2 amide bonds. The second kappa shape index (κ2) is 8.49. The molecule has 7 nitrogen and oxygen atoms in total. The van der Waals surface area contributed by atoms with Crippen LogP contribution in [0.2, 0.25) is 0 Å². The van der Waals surface area contributed by atoms with Gasteiger partial charge >= 0.3 is 0 Å². The summed E-state index contributed by atoms with van der Waals surface area (Å²) >= 11 is 0. The Morgan fingerprint density at radius 1 is 1.17 bits per heavy atom. The maximum Gasteiger partial charge on any atom is 0.228 e. The van der Waals surface area contributed by atoms with Crippen LogP contribution >= 0.6 is 0 Å². The molecular weight excluding hydrogens is 380 g/mol. The van der Waals surface area contributed by atoms with E-state index in [1.807, 2.05) is 54.6 Å². The lowest BCUT2D eigenvalue weighted by molar-refractivity contribution is -0.132. The first-order valence-corrected chi connectivity index (χ1v) is 10.0. The van der Waals surface area contributed by atoms with Crippen LogP contribution in [0.3, 0.4) is 0 Å². The third-order valence-electron chi connectivity index (χ3n) is 5.61. The van der Waals surface area contributed by atoms with Gasteiger partial charge in [0.15, 0.2) is 0 Å². The minimum absolute atomic E-state index is 0.0259. The normalized spacial score (nSPS) is 18.4. The van der Waals surface area contributed by atoms with Crippen LogP contribution in [0.4, 0.5) is 0 Å². The molecule has 2 aromatic heterocycles. The number of pyridine rings is 1. The third-order valence-corrected chi connectivity index (χ3v) is 5.61. The lowest BCUT2D eigenvalue weighted by Crippen LogP contribution is -2.44. The Morgan fingerprint density at radius 3 is 2.70 bits per heavy atom. The molecule has 1 aromatic carbocycles. The molecular formula is C23H24N4O3. The molecule has 30 heavy (non-hydrogen) atoms. The van der Waals surface area contributed by atoms with Crippen molar-refractivity contribution in [1.82, 2.24) is 20.4 Å². The average Bonchev–Trinajstić information content (AvgIpc) is 3.43. The number of hydrogen-bond acceptors (Lipinski definition) is 5. The first-order chi connectivity index (χ1) is 14.6. The van der Waals surface area contributed by atoms with Gasteiger partial charge in [-0.3, -0.25) is 14.6 Å². The fraction of sp³-hybridized carbons (Fsp3) is 0.304. The van der Waals surface area contributed by atoms with Crippen LogP contribution in [0.15, 0.2) is 65.3 Å². The highest BCUT2D eigenvalue weighted by Gasteiger charge is 2.46. The van der Waals surface area contributed by atoms with Crippen molar-refractivity contribution in [3.05, 3.63) is 72.2 Å². The lowest BCUT2D eigenvalue weighted by Gasteiger charge is -2.26. The van der Waals surface area contributed by atoms with Crippen LogP contribution in [-0.2, 0) is 22.4 Å². The van der Waals surface area contributed by atoms with E-state index in [1.54, 1.807) is 18.1 Å². The summed E-state index contributed by atoms with van der Waals surface area (Å²) in [6, 6.07) is 17.1. The second-order valence-corrected chi connectivity index (χ2v) is 7.64. The Bertz CT molecular complexity index is 1020. The smallest absolute Gasteiger partial charge is 0.228 e. The maximum atomic E-state index is 12.8. The quantitative estimate of drug-likeness (QED) is 0.682. The molecule has 1 N–H and O–H groups in total. The molecule has 3 aromatic rings. The van der Waals surface area contributed by atoms with Gasteiger partial charge in [-0.25, -0.2) is 0 Å². The lowest BCUT2D eigenvalue weighted by atomic mass is 9.81. The van der Waals surface area contributed by atoms with Gasteiger partial charge < -0.3 is 14.7 Å². The Kier molecular flexibility index (Phi) is 5.61. The average molecular weight is 404 g/mol. The van der Waals surface area contributed by atoms with Gasteiger partial charge in [0, 0.05) is 50.1 Å². The molecule has 1 aliphatic heterocycles. The van der Waals surface area contributed by atoms with E-state index < -0.39 is 5.41 Å². The van der Waals surface area contributed by atoms with Crippen molar-refractivity contribution in [3.63, 3.8) is 0 Å². The minimum atomic E-state index is -0.734. The number of carbonyl (C=O) groups is 2. The highest BCUT2D eigenvalue weighted by atomic mass is 16.5. The van der Waals surface area contributed by atoms with Crippen LogP contribution in [0, 0.1) is 5.41 Å². The molecule has 4 rings (SSSR count). The number of benzene rings is 1. The topological polar surface area (TPSA) is 88.3 Å². The molecule has 0 aliphatic carbocycles. The van der Waals surface area contributed by atoms with Crippen LogP contribution < -0.4 is 5.32 Å². The fourth-order valence-corrected chi connectivity index (χ4v) is 4.00. The van der Waals surface area contributed by atoms with Crippen molar-refractivity contribution in [2.24, 2.45) is 5.41 Å². The van der Waals surface area contributed by atoms with E-state index in [-0.39, 0.29) is 18.2 Å². The first kappa shape index (κ1) is 19.8. The number of hydrogen-bond donors (Lipinski definition) is 1. The number of rotatable bonds is 6. The van der Waals surface area contributed by atoms with Gasteiger partial charge in [0.25, 0.3) is 0 Å². The van der Waals surface area contributed by atoms with Gasteiger partial charge in [-0.15, -0.1) is 0 Å². The van der Waals surface area contributed by atoms with E-state index in [0.29, 0.717) is 31.7 Å². The largest absolute Gasteiger partial charge is 0.361 e. The van der Waals surface area contributed by atoms with Gasteiger partial charge in [-0.2, -0.15) is 0 Å². The van der Waals surface area contributed by atoms with Crippen molar-refractivity contribution >= 4 is 11.8 Å². The summed E-state index contributed by atoms with van der Waals surface area (Å²) in [5.74, 6) is 0.520. The number of aromatic nitrogens is 2. The molecule has 1 saturated heterocycles. The summed E-state index contributed by atoms with van der Waals surface area (Å²) in [5, 5.41) is 6.92. The number of carbonyl (C=O) groups excluding carboxylic acids is 2. The van der Waals surface area contributed by atoms with Crippen LogP contribution in [-0.4, -0.2) is 47.0 Å². The van der Waals surface area contributed by atoms with Crippen LogP contribution in [0.5, 0.6) is 0 Å². The van der Waals surface area contributed by atoms with Gasteiger partial charge in [0.05, 0.1) is 11.8 Å². The van der Waals surface area contributed by atoms with E-state index in [9.17, 15) is 9.59 Å². The van der Waals surface area contributed by atoms with Gasteiger partial charge in [-0.05, 0) is 18.6 Å². The molecule has 1 aliphatic rings. The number of nitrogens with one attached hydrogen (secondary N) is 1. The molecule has 1 fully saturated rings. The highest BCUT2D eigenvalue weighted by Crippen LogP contribution is 2.36. The summed E-state index contributed by atoms with van der Waals surface area (Å²) in [7, 11) is 1.62. The zero-order chi connectivity index (χ0) is 21.0. The van der Waals surface area contributed by atoms with Gasteiger partial charge in [0.2, 0.25) is 11.8 Å². The summed E-state index contributed by atoms with van der Waals surface area (Å²) in [6.45, 7) is 0.873. The van der Waals surface area contributed by atoms with Gasteiger partial charge in [-0.1, -0.05) is 41.6 Å². The van der Waals surface area contributed by atoms with Crippen molar-refractivity contribution in [3.8, 4) is 11.3 Å². The summed E-state index contributed by atoms with van der Waals surface area (Å²) in [5.41, 5.74) is 1.68. The zero-order valence-corrected chi connectivity index (χ0v) is 16.9. The van der Waals surface area contributed by atoms with E-state index in [0.717, 1.165) is 17.0 Å². The SMILES string of the molecule is CNC(=O)[C@]1(Cc2cc(-c3ccccc3)no2)CCN(C(=O)Cc2ccccn2)C1. The second-order valence-electron chi connectivity index (χ2n) is 7.64. The number of nitrogens with zero attached hydrogens (tertiary/aromatic N) is 3. The fourth-order valence-electron chi connectivity index (χ4n) is 4.00. The van der Waals surface area contributed by atoms with Crippen LogP contribution in [0.1, 0.15) is 17.9 Å². The van der Waals surface area contributed by atoms with E-state index >= 15 is 0 Å². The van der Waals surface area contributed by atoms with Crippen LogP contribution in [0.25, 0.3) is 11.3 Å². The highest BCUT2D eigenvalue weighted by molar-refractivity contribution is 5.86. The maximum absolute atomic E-state index is 12.8. The van der Waals surface area contributed by atoms with E-state index in [1.165, 1.54) is 0 Å². The Balaban J connectivity index is 1.50. The molecule has 0 bridgehead atoms. The van der Waals surface area contributed by atoms with Crippen molar-refractivity contribution in [1.29, 1.82) is 0 Å². The third kappa shape index (κ3) is 4.10. The van der Waals surface area contributed by atoms with Crippen molar-refractivity contribution in [2.45, 2.75) is 19.3 Å². The molecule has 154 valence electrons. The zero-order valence-electron chi connectivity index (χ0n) is 16.9. The monoisotopic (exact) mass is 404 g/mol. The molecule has 1 atom stereocenters. The Morgan fingerprint density at radius 2 is 1.97 bits per heavy atom. The van der Waals surface area contributed by atoms with E-state index in [2.05, 4.69) is 15.5 Å². The van der Waals surface area contributed by atoms with Crippen molar-refractivity contribution in [2.75, 3.05) is 20.1 Å². The number of amides is 2. The van der Waals surface area contributed by atoms with E-state index in [4.69, 9.17) is 4.52 Å². The molecule has 0 spiro atoms. The summed E-state index contributed by atoms with van der Waals surface area (Å²) in [4.78, 5) is 31.6. The molecule has 0 saturated carbocycles. The predicted molar refractivity (Wildman–Crippen MR) is 111 cm³/mol. The standard InChI is InChI=1S/C23H24N4O3/c1-24-22(29)23(15-19-14-20(26-30-19)17-7-3-2-4-8-17)10-12-27(16-23)21(28)13-18-9-5-6-11-25-18/h2-9,11,14H,10,12-13,15-16H2,1H3,(H,24,29)/t23-/m0/s1. The predicted octanol–water partition coefficient (Wildman–Crippen LogP) is 2.49. The molecule has 3 heterocycles. The molecule has 0 radical (unpaired) electrons. The van der Waals surface area contributed by atoms with Gasteiger partial charge in [0.1, 0.15) is 11.5 Å².